The molecule has 5 nitrogen and oxygen atoms in total. The summed E-state index contributed by atoms with van der Waals surface area (Å²) in [4.78, 5) is 0. The predicted octanol–water partition coefficient (Wildman–Crippen LogP) is 3.87. The van der Waals surface area contributed by atoms with Gasteiger partial charge < -0.3 is 14.0 Å². The zero-order chi connectivity index (χ0) is 19.7. The Bertz CT molecular complexity index is 619. The molecule has 0 amide bonds. The molecule has 0 bridgehead atoms. The number of rotatable bonds is 7. The summed E-state index contributed by atoms with van der Waals surface area (Å²) in [5, 5.41) is 4.75. The van der Waals surface area contributed by atoms with E-state index in [2.05, 4.69) is 39.3 Å². The summed E-state index contributed by atoms with van der Waals surface area (Å²) in [6, 6.07) is 0. The number of hydrogen-bond donors (Lipinski definition) is 0. The molecule has 0 N–H and O–H groups in total. The zero-order valence-corrected chi connectivity index (χ0v) is 18.1. The standard InChI is InChI=1S/C21H37BN2O3/c1-17-18(22-26-19(2,3)20(4,5)27-22)15-23-24(17)16-21(13-10-14-25-6)11-8-7-9-12-21/h15H,7-14,16H2,1-6H3. The van der Waals surface area contributed by atoms with Crippen LogP contribution < -0.4 is 5.46 Å². The summed E-state index contributed by atoms with van der Waals surface area (Å²) in [7, 11) is 1.46. The molecule has 2 aliphatic rings. The number of hydrogen-bond acceptors (Lipinski definition) is 4. The molecule has 1 aromatic rings. The van der Waals surface area contributed by atoms with Crippen molar-refractivity contribution in [1.82, 2.24) is 9.78 Å². The third kappa shape index (κ3) is 4.28. The molecular weight excluding hydrogens is 339 g/mol. The van der Waals surface area contributed by atoms with Gasteiger partial charge in [0, 0.05) is 37.6 Å². The van der Waals surface area contributed by atoms with Gasteiger partial charge in [-0.15, -0.1) is 0 Å². The van der Waals surface area contributed by atoms with Crippen molar-refractivity contribution in [3.05, 3.63) is 11.9 Å². The number of aromatic nitrogens is 2. The third-order valence-corrected chi connectivity index (χ3v) is 7.10. The summed E-state index contributed by atoms with van der Waals surface area (Å²) in [5.74, 6) is 0. The molecule has 0 aromatic carbocycles. The van der Waals surface area contributed by atoms with Crippen LogP contribution in [0.2, 0.25) is 0 Å². The Hall–Kier alpha value is -0.845. The lowest BCUT2D eigenvalue weighted by Gasteiger charge is -2.38. The molecule has 0 atom stereocenters. The second-order valence-electron chi connectivity index (χ2n) is 9.59. The molecule has 0 radical (unpaired) electrons. The van der Waals surface area contributed by atoms with Crippen LogP contribution >= 0.6 is 0 Å². The van der Waals surface area contributed by atoms with Crippen molar-refractivity contribution < 1.29 is 14.0 Å². The molecule has 2 heterocycles. The minimum absolute atomic E-state index is 0.322. The van der Waals surface area contributed by atoms with Crippen molar-refractivity contribution >= 4 is 12.6 Å². The van der Waals surface area contributed by atoms with Gasteiger partial charge in [0.2, 0.25) is 0 Å². The highest BCUT2D eigenvalue weighted by atomic mass is 16.7. The Kier molecular flexibility index (Phi) is 6.09. The lowest BCUT2D eigenvalue weighted by molar-refractivity contribution is 0.00578. The molecule has 1 saturated heterocycles. The summed E-state index contributed by atoms with van der Waals surface area (Å²) in [6.07, 6.45) is 10.9. The average molecular weight is 376 g/mol. The van der Waals surface area contributed by atoms with Crippen LogP contribution in [0.3, 0.4) is 0 Å². The molecule has 6 heteroatoms. The second-order valence-corrected chi connectivity index (χ2v) is 9.59. The predicted molar refractivity (Wildman–Crippen MR) is 109 cm³/mol. The van der Waals surface area contributed by atoms with Crippen molar-refractivity contribution in [2.45, 2.75) is 97.3 Å². The summed E-state index contributed by atoms with van der Waals surface area (Å²) in [5.41, 5.74) is 1.94. The van der Waals surface area contributed by atoms with Crippen molar-refractivity contribution in [2.75, 3.05) is 13.7 Å². The summed E-state index contributed by atoms with van der Waals surface area (Å²) in [6.45, 7) is 12.4. The molecule has 27 heavy (non-hydrogen) atoms. The fourth-order valence-corrected chi connectivity index (χ4v) is 4.52. The highest BCUT2D eigenvalue weighted by Gasteiger charge is 2.52. The Morgan fingerprint density at radius 3 is 2.33 bits per heavy atom. The largest absolute Gasteiger partial charge is 0.498 e. The molecular formula is C21H37BN2O3. The van der Waals surface area contributed by atoms with Gasteiger partial charge in [0.15, 0.2) is 0 Å². The molecule has 1 aliphatic carbocycles. The van der Waals surface area contributed by atoms with E-state index in [0.29, 0.717) is 5.41 Å². The van der Waals surface area contributed by atoms with Crippen LogP contribution in [0.15, 0.2) is 6.20 Å². The fourth-order valence-electron chi connectivity index (χ4n) is 4.52. The van der Waals surface area contributed by atoms with Crippen molar-refractivity contribution in [2.24, 2.45) is 5.41 Å². The van der Waals surface area contributed by atoms with Gasteiger partial charge >= 0.3 is 7.12 Å². The maximum absolute atomic E-state index is 6.25. The first-order valence-corrected chi connectivity index (χ1v) is 10.6. The number of methoxy groups -OCH3 is 1. The molecule has 1 aliphatic heterocycles. The minimum atomic E-state index is -0.334. The Labute approximate surface area is 165 Å². The van der Waals surface area contributed by atoms with Crippen LogP contribution in [0.5, 0.6) is 0 Å². The van der Waals surface area contributed by atoms with E-state index in [1.54, 1.807) is 7.11 Å². The van der Waals surface area contributed by atoms with E-state index in [0.717, 1.165) is 25.0 Å². The zero-order valence-electron chi connectivity index (χ0n) is 18.1. The van der Waals surface area contributed by atoms with Crippen LogP contribution in [0, 0.1) is 12.3 Å². The van der Waals surface area contributed by atoms with Gasteiger partial charge in [-0.2, -0.15) is 5.10 Å². The van der Waals surface area contributed by atoms with Gasteiger partial charge in [-0.1, -0.05) is 19.3 Å². The number of ether oxygens (including phenoxy) is 1. The Morgan fingerprint density at radius 2 is 1.74 bits per heavy atom. The summed E-state index contributed by atoms with van der Waals surface area (Å²) < 4.78 is 20.0. The van der Waals surface area contributed by atoms with E-state index >= 15 is 0 Å². The van der Waals surface area contributed by atoms with Crippen LogP contribution in [0.25, 0.3) is 0 Å². The van der Waals surface area contributed by atoms with E-state index in [1.165, 1.54) is 44.2 Å². The first-order valence-electron chi connectivity index (χ1n) is 10.6. The minimum Gasteiger partial charge on any atom is -0.399 e. The monoisotopic (exact) mass is 376 g/mol. The highest BCUT2D eigenvalue weighted by Crippen LogP contribution is 2.42. The molecule has 1 aromatic heterocycles. The Morgan fingerprint density at radius 1 is 1.11 bits per heavy atom. The van der Waals surface area contributed by atoms with E-state index in [9.17, 15) is 0 Å². The van der Waals surface area contributed by atoms with Crippen LogP contribution in [0.4, 0.5) is 0 Å². The van der Waals surface area contributed by atoms with Crippen molar-refractivity contribution in [1.29, 1.82) is 0 Å². The van der Waals surface area contributed by atoms with E-state index in [4.69, 9.17) is 19.1 Å². The molecule has 0 unspecified atom stereocenters. The van der Waals surface area contributed by atoms with Crippen LogP contribution in [0.1, 0.15) is 78.3 Å². The van der Waals surface area contributed by atoms with Crippen LogP contribution in [-0.2, 0) is 20.6 Å². The lowest BCUT2D eigenvalue weighted by Crippen LogP contribution is -2.41. The van der Waals surface area contributed by atoms with Gasteiger partial charge in [-0.05, 0) is 65.7 Å². The molecule has 152 valence electrons. The maximum atomic E-state index is 6.25. The first kappa shape index (κ1) is 20.9. The van der Waals surface area contributed by atoms with Crippen molar-refractivity contribution in [3.63, 3.8) is 0 Å². The van der Waals surface area contributed by atoms with E-state index < -0.39 is 0 Å². The second kappa shape index (κ2) is 7.88. The normalized spacial score (nSPS) is 23.7. The maximum Gasteiger partial charge on any atom is 0.498 e. The van der Waals surface area contributed by atoms with Crippen molar-refractivity contribution in [3.8, 4) is 0 Å². The third-order valence-electron chi connectivity index (χ3n) is 7.10. The SMILES string of the molecule is COCCCC1(Cn2ncc(B3OC(C)(C)C(C)(C)O3)c2C)CCCCC1. The lowest BCUT2D eigenvalue weighted by atomic mass is 9.71. The summed E-state index contributed by atoms with van der Waals surface area (Å²) >= 11 is 0. The average Bonchev–Trinajstić information content (AvgIpc) is 3.05. The van der Waals surface area contributed by atoms with Gasteiger partial charge in [-0.3, -0.25) is 4.68 Å². The van der Waals surface area contributed by atoms with E-state index in [-0.39, 0.29) is 18.3 Å². The van der Waals surface area contributed by atoms with Gasteiger partial charge in [0.05, 0.1) is 11.2 Å². The topological polar surface area (TPSA) is 45.5 Å². The Balaban J connectivity index is 1.76. The van der Waals surface area contributed by atoms with Gasteiger partial charge in [0.25, 0.3) is 0 Å². The molecule has 2 fully saturated rings. The molecule has 1 saturated carbocycles. The molecule has 3 rings (SSSR count). The molecule has 0 spiro atoms. The smallest absolute Gasteiger partial charge is 0.399 e. The number of nitrogens with zero attached hydrogens (tertiary/aromatic N) is 2. The van der Waals surface area contributed by atoms with Gasteiger partial charge in [0.1, 0.15) is 0 Å². The quantitative estimate of drug-likeness (QED) is 0.535. The van der Waals surface area contributed by atoms with Crippen LogP contribution in [-0.4, -0.2) is 41.8 Å². The van der Waals surface area contributed by atoms with Gasteiger partial charge in [-0.25, -0.2) is 0 Å². The van der Waals surface area contributed by atoms with E-state index in [1.807, 2.05) is 6.20 Å². The first-order chi connectivity index (χ1) is 12.7. The fraction of sp³-hybridized carbons (Fsp3) is 0.857. The highest BCUT2D eigenvalue weighted by molar-refractivity contribution is 6.62.